The van der Waals surface area contributed by atoms with Crippen LogP contribution in [0.5, 0.6) is 11.5 Å². The van der Waals surface area contributed by atoms with Gasteiger partial charge in [0.1, 0.15) is 4.88 Å². The Morgan fingerprint density at radius 1 is 1.20 bits per heavy atom. The van der Waals surface area contributed by atoms with Gasteiger partial charge in [-0.05, 0) is 53.8 Å². The molecule has 1 aromatic heterocycles. The van der Waals surface area contributed by atoms with Crippen LogP contribution in [0.4, 0.5) is 5.69 Å². The minimum absolute atomic E-state index is 0.204. The van der Waals surface area contributed by atoms with E-state index >= 15 is 0 Å². The van der Waals surface area contributed by atoms with Crippen LogP contribution in [0.15, 0.2) is 40.9 Å². The number of halogens is 1. The van der Waals surface area contributed by atoms with Crippen LogP contribution in [0, 0.1) is 6.92 Å². The summed E-state index contributed by atoms with van der Waals surface area (Å²) in [7, 11) is 0. The Morgan fingerprint density at radius 2 is 1.92 bits per heavy atom. The van der Waals surface area contributed by atoms with E-state index in [1.807, 2.05) is 36.4 Å². The predicted octanol–water partition coefficient (Wildman–Crippen LogP) is 4.26. The Kier molecular flexibility index (Phi) is 4.14. The highest BCUT2D eigenvalue weighted by atomic mass is 79.9. The second kappa shape index (κ2) is 6.45. The van der Waals surface area contributed by atoms with Gasteiger partial charge in [-0.1, -0.05) is 32.6 Å². The van der Waals surface area contributed by atoms with Gasteiger partial charge in [0.2, 0.25) is 6.79 Å². The second-order valence-corrected chi connectivity index (χ2v) is 7.01. The summed E-state index contributed by atoms with van der Waals surface area (Å²) in [5.74, 6) is 1.25. The van der Waals surface area contributed by atoms with E-state index in [0.29, 0.717) is 16.3 Å². The molecule has 0 saturated heterocycles. The maximum atomic E-state index is 12.2. The molecular formula is C17H12BrN3O3S. The van der Waals surface area contributed by atoms with Crippen LogP contribution in [0.2, 0.25) is 0 Å². The lowest BCUT2D eigenvalue weighted by atomic mass is 10.0. The van der Waals surface area contributed by atoms with Crippen LogP contribution in [-0.4, -0.2) is 22.3 Å². The lowest BCUT2D eigenvalue weighted by Gasteiger charge is -2.09. The zero-order chi connectivity index (χ0) is 17.4. The van der Waals surface area contributed by atoms with Crippen molar-refractivity contribution in [2.24, 2.45) is 0 Å². The number of ether oxygens (including phenoxy) is 2. The molecule has 126 valence electrons. The van der Waals surface area contributed by atoms with Gasteiger partial charge in [0.05, 0.1) is 5.69 Å². The average molecular weight is 418 g/mol. The van der Waals surface area contributed by atoms with Crippen LogP contribution >= 0.6 is 27.5 Å². The zero-order valence-electron chi connectivity index (χ0n) is 13.1. The number of carbonyl (C=O) groups excluding carboxylic acids is 1. The smallest absolute Gasteiger partial charge is 0.269 e. The monoisotopic (exact) mass is 417 g/mol. The lowest BCUT2D eigenvalue weighted by Crippen LogP contribution is -2.11. The van der Waals surface area contributed by atoms with Gasteiger partial charge in [-0.25, -0.2) is 0 Å². The van der Waals surface area contributed by atoms with Crippen LogP contribution in [0.1, 0.15) is 15.4 Å². The Morgan fingerprint density at radius 3 is 2.60 bits per heavy atom. The van der Waals surface area contributed by atoms with E-state index in [9.17, 15) is 4.79 Å². The number of hydrogen-bond donors (Lipinski definition) is 1. The predicted molar refractivity (Wildman–Crippen MR) is 98.3 cm³/mol. The molecule has 1 N–H and O–H groups in total. The first-order valence-electron chi connectivity index (χ1n) is 7.42. The van der Waals surface area contributed by atoms with E-state index < -0.39 is 0 Å². The van der Waals surface area contributed by atoms with E-state index in [-0.39, 0.29) is 12.7 Å². The number of carbonyl (C=O) groups is 1. The van der Waals surface area contributed by atoms with Gasteiger partial charge in [0.15, 0.2) is 11.5 Å². The standard InChI is InChI=1S/C17H12BrN3O3S/c1-9-16(25-21-20-9)17(22)19-11-4-2-10(3-5-11)12-6-14-15(7-13(12)18)24-8-23-14/h2-7H,8H2,1H3,(H,19,22). The van der Waals surface area contributed by atoms with Crippen LogP contribution in [0.25, 0.3) is 11.1 Å². The highest BCUT2D eigenvalue weighted by Gasteiger charge is 2.17. The molecule has 0 radical (unpaired) electrons. The molecule has 0 aliphatic carbocycles. The quantitative estimate of drug-likeness (QED) is 0.688. The summed E-state index contributed by atoms with van der Waals surface area (Å²) in [5.41, 5.74) is 3.32. The fourth-order valence-electron chi connectivity index (χ4n) is 2.50. The van der Waals surface area contributed by atoms with E-state index in [1.54, 1.807) is 6.92 Å². The highest BCUT2D eigenvalue weighted by molar-refractivity contribution is 9.10. The van der Waals surface area contributed by atoms with Crippen molar-refractivity contribution in [1.82, 2.24) is 9.59 Å². The van der Waals surface area contributed by atoms with Gasteiger partial charge in [0, 0.05) is 10.2 Å². The number of fused-ring (bicyclic) bond motifs is 1. The number of nitrogens with zero attached hydrogens (tertiary/aromatic N) is 2. The Bertz CT molecular complexity index is 956. The van der Waals surface area contributed by atoms with Crippen molar-refractivity contribution >= 4 is 39.1 Å². The average Bonchev–Trinajstić information content (AvgIpc) is 3.23. The highest BCUT2D eigenvalue weighted by Crippen LogP contribution is 2.41. The van der Waals surface area contributed by atoms with Gasteiger partial charge in [0.25, 0.3) is 5.91 Å². The molecule has 2 heterocycles. The molecular weight excluding hydrogens is 406 g/mol. The Hall–Kier alpha value is -2.45. The Balaban J connectivity index is 1.57. The number of amides is 1. The van der Waals surface area contributed by atoms with E-state index in [2.05, 4.69) is 30.8 Å². The van der Waals surface area contributed by atoms with Gasteiger partial charge < -0.3 is 14.8 Å². The largest absolute Gasteiger partial charge is 0.454 e. The normalized spacial score (nSPS) is 12.2. The van der Waals surface area contributed by atoms with Crippen molar-refractivity contribution in [2.75, 3.05) is 12.1 Å². The third kappa shape index (κ3) is 3.10. The summed E-state index contributed by atoms with van der Waals surface area (Å²) in [6.07, 6.45) is 0. The third-order valence-electron chi connectivity index (χ3n) is 3.77. The number of anilines is 1. The lowest BCUT2D eigenvalue weighted by molar-refractivity contribution is 0.103. The maximum absolute atomic E-state index is 12.2. The summed E-state index contributed by atoms with van der Waals surface area (Å²) in [4.78, 5) is 12.7. The second-order valence-electron chi connectivity index (χ2n) is 5.40. The molecule has 8 heteroatoms. The van der Waals surface area contributed by atoms with Crippen molar-refractivity contribution < 1.29 is 14.3 Å². The van der Waals surface area contributed by atoms with Crippen molar-refractivity contribution in [3.05, 3.63) is 51.4 Å². The molecule has 25 heavy (non-hydrogen) atoms. The molecule has 0 atom stereocenters. The maximum Gasteiger partial charge on any atom is 0.269 e. The number of aryl methyl sites for hydroxylation is 1. The van der Waals surface area contributed by atoms with Crippen LogP contribution < -0.4 is 14.8 Å². The molecule has 0 saturated carbocycles. The molecule has 1 aliphatic rings. The molecule has 3 aromatic rings. The summed E-state index contributed by atoms with van der Waals surface area (Å²) >= 11 is 4.65. The van der Waals surface area contributed by atoms with Crippen molar-refractivity contribution in [2.45, 2.75) is 6.92 Å². The molecule has 0 fully saturated rings. The number of aromatic nitrogens is 2. The third-order valence-corrected chi connectivity index (χ3v) is 5.26. The first-order chi connectivity index (χ1) is 12.1. The summed E-state index contributed by atoms with van der Waals surface area (Å²) in [6, 6.07) is 11.4. The number of nitrogens with one attached hydrogen (secondary N) is 1. The fraction of sp³-hybridized carbons (Fsp3) is 0.118. The molecule has 1 aliphatic heterocycles. The van der Waals surface area contributed by atoms with E-state index in [0.717, 1.165) is 38.6 Å². The van der Waals surface area contributed by atoms with E-state index in [1.165, 1.54) is 0 Å². The summed E-state index contributed by atoms with van der Waals surface area (Å²) in [6.45, 7) is 2.00. The first-order valence-corrected chi connectivity index (χ1v) is 8.98. The molecule has 4 rings (SSSR count). The van der Waals surface area contributed by atoms with Crippen LogP contribution in [0.3, 0.4) is 0 Å². The van der Waals surface area contributed by atoms with Crippen molar-refractivity contribution in [3.63, 3.8) is 0 Å². The Labute approximate surface area is 156 Å². The SMILES string of the molecule is Cc1nnsc1C(=O)Nc1ccc(-c2cc3c(cc2Br)OCO3)cc1. The molecule has 1 amide bonds. The summed E-state index contributed by atoms with van der Waals surface area (Å²) < 4.78 is 15.5. The molecule has 0 unspecified atom stereocenters. The van der Waals surface area contributed by atoms with Gasteiger partial charge in [-0.2, -0.15) is 0 Å². The minimum atomic E-state index is -0.204. The molecule has 2 aromatic carbocycles. The molecule has 0 spiro atoms. The number of benzene rings is 2. The molecule has 6 nitrogen and oxygen atoms in total. The topological polar surface area (TPSA) is 73.3 Å². The molecule has 0 bridgehead atoms. The first kappa shape index (κ1) is 16.0. The van der Waals surface area contributed by atoms with Gasteiger partial charge in [-0.3, -0.25) is 4.79 Å². The van der Waals surface area contributed by atoms with Crippen molar-refractivity contribution in [3.8, 4) is 22.6 Å². The van der Waals surface area contributed by atoms with Crippen molar-refractivity contribution in [1.29, 1.82) is 0 Å². The fourth-order valence-corrected chi connectivity index (χ4v) is 3.60. The van der Waals surface area contributed by atoms with Gasteiger partial charge in [-0.15, -0.1) is 5.10 Å². The minimum Gasteiger partial charge on any atom is -0.454 e. The van der Waals surface area contributed by atoms with Gasteiger partial charge >= 0.3 is 0 Å². The van der Waals surface area contributed by atoms with Crippen LogP contribution in [-0.2, 0) is 0 Å². The number of hydrogen-bond acceptors (Lipinski definition) is 6. The zero-order valence-corrected chi connectivity index (χ0v) is 15.5. The summed E-state index contributed by atoms with van der Waals surface area (Å²) in [5, 5.41) is 6.71. The van der Waals surface area contributed by atoms with E-state index in [4.69, 9.17) is 9.47 Å². The number of rotatable bonds is 3.